The number of H-pyrrole nitrogens is 1. The summed E-state index contributed by atoms with van der Waals surface area (Å²) in [6.45, 7) is 2.56. The molecule has 10 nitrogen and oxygen atoms in total. The summed E-state index contributed by atoms with van der Waals surface area (Å²) in [6, 6.07) is 13.1. The van der Waals surface area contributed by atoms with E-state index in [4.69, 9.17) is 9.47 Å². The zero-order valence-corrected chi connectivity index (χ0v) is 19.6. The lowest BCUT2D eigenvalue weighted by Crippen LogP contribution is -2.24. The van der Waals surface area contributed by atoms with Crippen molar-refractivity contribution in [3.63, 3.8) is 0 Å². The highest BCUT2D eigenvalue weighted by Gasteiger charge is 2.22. The summed E-state index contributed by atoms with van der Waals surface area (Å²) in [4.78, 5) is 28.8. The van der Waals surface area contributed by atoms with E-state index in [1.54, 1.807) is 50.6 Å². The molecule has 0 unspecified atom stereocenters. The van der Waals surface area contributed by atoms with E-state index in [2.05, 4.69) is 20.5 Å². The number of methoxy groups -OCH3 is 2. The van der Waals surface area contributed by atoms with E-state index in [0.717, 1.165) is 12.8 Å². The maximum absolute atomic E-state index is 13.3. The van der Waals surface area contributed by atoms with Crippen LogP contribution in [0.3, 0.4) is 0 Å². The maximum Gasteiger partial charge on any atom is 0.270 e. The number of carbonyl (C=O) groups excluding carboxylic acids is 1. The van der Waals surface area contributed by atoms with Crippen LogP contribution in [0, 0.1) is 10.1 Å². The largest absolute Gasteiger partial charge is 0.497 e. The highest BCUT2D eigenvalue weighted by molar-refractivity contribution is 6.11. The number of pyridine rings is 1. The fraction of sp³-hybridized carbons (Fsp3) is 0.240. The standard InChI is InChI=1S/C25H25N5O5/c1-4-5-11-26-25(31)19-14-20(18-13-17(34-2)9-10-21(18)35-3)27-24-22(19)23(28-29-24)15-7-6-8-16(12-15)30(32)33/h6-10,12-14H,4-5,11H2,1-3H3,(H,26,31)(H,27,28,29). The van der Waals surface area contributed by atoms with Crippen molar-refractivity contribution in [3.8, 4) is 34.0 Å². The number of non-ortho nitro benzene ring substituents is 1. The van der Waals surface area contributed by atoms with Gasteiger partial charge in [0.2, 0.25) is 0 Å². The number of benzene rings is 2. The van der Waals surface area contributed by atoms with Gasteiger partial charge in [-0.25, -0.2) is 4.98 Å². The quantitative estimate of drug-likeness (QED) is 0.203. The predicted molar refractivity (Wildman–Crippen MR) is 132 cm³/mol. The molecule has 0 aliphatic carbocycles. The van der Waals surface area contributed by atoms with Gasteiger partial charge < -0.3 is 14.8 Å². The second kappa shape index (κ2) is 10.2. The molecule has 0 radical (unpaired) electrons. The average molecular weight is 476 g/mol. The van der Waals surface area contributed by atoms with Crippen LogP contribution in [-0.4, -0.2) is 46.8 Å². The van der Waals surface area contributed by atoms with Gasteiger partial charge in [0.1, 0.15) is 11.5 Å². The van der Waals surface area contributed by atoms with Crippen molar-refractivity contribution in [1.82, 2.24) is 20.5 Å². The summed E-state index contributed by atoms with van der Waals surface area (Å²) in [5.74, 6) is 0.877. The molecule has 0 bridgehead atoms. The first-order valence-corrected chi connectivity index (χ1v) is 11.1. The Labute approximate surface area is 201 Å². The zero-order chi connectivity index (χ0) is 24.9. The molecule has 1 amide bonds. The van der Waals surface area contributed by atoms with Crippen LogP contribution in [0.25, 0.3) is 33.5 Å². The molecular weight excluding hydrogens is 450 g/mol. The third kappa shape index (κ3) is 4.77. The van der Waals surface area contributed by atoms with Crippen molar-refractivity contribution in [1.29, 1.82) is 0 Å². The number of aromatic nitrogens is 3. The van der Waals surface area contributed by atoms with Gasteiger partial charge in [-0.2, -0.15) is 5.10 Å². The van der Waals surface area contributed by atoms with Gasteiger partial charge >= 0.3 is 0 Å². The number of carbonyl (C=O) groups is 1. The van der Waals surface area contributed by atoms with Crippen LogP contribution in [0.4, 0.5) is 5.69 Å². The zero-order valence-electron chi connectivity index (χ0n) is 19.6. The highest BCUT2D eigenvalue weighted by Crippen LogP contribution is 2.36. The fourth-order valence-corrected chi connectivity index (χ4v) is 3.81. The van der Waals surface area contributed by atoms with Gasteiger partial charge in [-0.15, -0.1) is 0 Å². The fourth-order valence-electron chi connectivity index (χ4n) is 3.81. The Morgan fingerprint density at radius 1 is 1.14 bits per heavy atom. The number of ether oxygens (including phenoxy) is 2. The summed E-state index contributed by atoms with van der Waals surface area (Å²) < 4.78 is 10.9. The summed E-state index contributed by atoms with van der Waals surface area (Å²) in [7, 11) is 3.12. The molecule has 180 valence electrons. The van der Waals surface area contributed by atoms with Crippen molar-refractivity contribution in [2.24, 2.45) is 0 Å². The molecule has 2 N–H and O–H groups in total. The minimum absolute atomic E-state index is 0.0649. The molecule has 2 heterocycles. The molecule has 10 heteroatoms. The second-order valence-electron chi connectivity index (χ2n) is 7.84. The van der Waals surface area contributed by atoms with Gasteiger partial charge in [-0.05, 0) is 30.7 Å². The van der Waals surface area contributed by atoms with Crippen molar-refractivity contribution < 1.29 is 19.2 Å². The maximum atomic E-state index is 13.3. The average Bonchev–Trinajstić information content (AvgIpc) is 3.32. The molecule has 2 aromatic carbocycles. The van der Waals surface area contributed by atoms with Crippen LogP contribution in [0.15, 0.2) is 48.5 Å². The molecule has 0 saturated heterocycles. The van der Waals surface area contributed by atoms with Gasteiger partial charge in [-0.3, -0.25) is 20.0 Å². The van der Waals surface area contributed by atoms with E-state index in [-0.39, 0.29) is 11.6 Å². The van der Waals surface area contributed by atoms with E-state index < -0.39 is 4.92 Å². The predicted octanol–water partition coefficient (Wildman–Crippen LogP) is 4.75. The van der Waals surface area contributed by atoms with E-state index in [9.17, 15) is 14.9 Å². The van der Waals surface area contributed by atoms with Gasteiger partial charge in [0.15, 0.2) is 5.65 Å². The van der Waals surface area contributed by atoms with E-state index in [1.165, 1.54) is 12.1 Å². The van der Waals surface area contributed by atoms with E-state index in [1.807, 2.05) is 6.92 Å². The molecule has 0 saturated carbocycles. The Bertz CT molecular complexity index is 1400. The monoisotopic (exact) mass is 475 g/mol. The Balaban J connectivity index is 1.93. The summed E-state index contributed by atoms with van der Waals surface area (Å²) in [6.07, 6.45) is 1.77. The van der Waals surface area contributed by atoms with E-state index >= 15 is 0 Å². The van der Waals surface area contributed by atoms with Crippen molar-refractivity contribution in [3.05, 3.63) is 64.2 Å². The first kappa shape index (κ1) is 23.7. The SMILES string of the molecule is CCCCNC(=O)c1cc(-c2cc(OC)ccc2OC)nc2n[nH]c(-c3cccc([N+](=O)[O-])c3)c12. The molecule has 2 aromatic heterocycles. The van der Waals surface area contributed by atoms with E-state index in [0.29, 0.717) is 57.2 Å². The lowest BCUT2D eigenvalue weighted by molar-refractivity contribution is -0.384. The number of unbranched alkanes of at least 4 members (excludes halogenated alkanes) is 1. The number of nitro groups is 1. The number of amides is 1. The molecule has 0 spiro atoms. The first-order valence-electron chi connectivity index (χ1n) is 11.1. The van der Waals surface area contributed by atoms with Crippen LogP contribution in [0.2, 0.25) is 0 Å². The molecule has 4 aromatic rings. The number of fused-ring (bicyclic) bond motifs is 1. The van der Waals surface area contributed by atoms with Gasteiger partial charge in [0, 0.05) is 29.8 Å². The third-order valence-corrected chi connectivity index (χ3v) is 5.61. The second-order valence-corrected chi connectivity index (χ2v) is 7.84. The van der Waals surface area contributed by atoms with Gasteiger partial charge in [0.25, 0.3) is 11.6 Å². The van der Waals surface area contributed by atoms with Crippen LogP contribution in [0.1, 0.15) is 30.1 Å². The van der Waals surface area contributed by atoms with Crippen LogP contribution < -0.4 is 14.8 Å². The Hall–Kier alpha value is -4.47. The van der Waals surface area contributed by atoms with Crippen molar-refractivity contribution in [2.75, 3.05) is 20.8 Å². The third-order valence-electron chi connectivity index (χ3n) is 5.61. The molecule has 0 aliphatic rings. The minimum Gasteiger partial charge on any atom is -0.497 e. The molecule has 35 heavy (non-hydrogen) atoms. The van der Waals surface area contributed by atoms with Gasteiger partial charge in [-0.1, -0.05) is 25.5 Å². The summed E-state index contributed by atoms with van der Waals surface area (Å²) in [5.41, 5.74) is 2.70. The molecule has 0 atom stereocenters. The Morgan fingerprint density at radius 3 is 2.69 bits per heavy atom. The number of nitro benzene ring substituents is 1. The number of hydrogen-bond acceptors (Lipinski definition) is 7. The van der Waals surface area contributed by atoms with Crippen LogP contribution in [-0.2, 0) is 0 Å². The summed E-state index contributed by atoms with van der Waals surface area (Å²) >= 11 is 0. The lowest BCUT2D eigenvalue weighted by atomic mass is 10.0. The molecule has 4 rings (SSSR count). The van der Waals surface area contributed by atoms with Crippen LogP contribution in [0.5, 0.6) is 11.5 Å². The first-order chi connectivity index (χ1) is 17.0. The lowest BCUT2D eigenvalue weighted by Gasteiger charge is -2.12. The summed E-state index contributed by atoms with van der Waals surface area (Å²) in [5, 5.41) is 22.0. The normalized spacial score (nSPS) is 10.8. The Morgan fingerprint density at radius 2 is 1.97 bits per heavy atom. The molecule has 0 fully saturated rings. The number of rotatable bonds is 9. The number of nitrogens with one attached hydrogen (secondary N) is 2. The Kier molecular flexibility index (Phi) is 6.91. The number of nitrogens with zero attached hydrogens (tertiary/aromatic N) is 3. The molecular formula is C25H25N5O5. The van der Waals surface area contributed by atoms with Crippen molar-refractivity contribution in [2.45, 2.75) is 19.8 Å². The van der Waals surface area contributed by atoms with Crippen LogP contribution >= 0.6 is 0 Å². The molecule has 0 aliphatic heterocycles. The smallest absolute Gasteiger partial charge is 0.270 e. The van der Waals surface area contributed by atoms with Gasteiger partial charge in [0.05, 0.1) is 41.5 Å². The van der Waals surface area contributed by atoms with Crippen molar-refractivity contribution >= 4 is 22.6 Å². The number of aromatic amines is 1. The number of hydrogen-bond donors (Lipinski definition) is 2. The highest BCUT2D eigenvalue weighted by atomic mass is 16.6. The topological polar surface area (TPSA) is 132 Å². The minimum atomic E-state index is -0.466.